The maximum atomic E-state index is 12.3. The van der Waals surface area contributed by atoms with Crippen LogP contribution in [0, 0.1) is 6.92 Å². The van der Waals surface area contributed by atoms with Crippen LogP contribution in [0.25, 0.3) is 0 Å². The van der Waals surface area contributed by atoms with E-state index in [1.807, 2.05) is 6.92 Å². The molecule has 2 rings (SSSR count). The number of likely N-dealkylation sites (tertiary alicyclic amines) is 1. The predicted molar refractivity (Wildman–Crippen MR) is 69.2 cm³/mol. The number of carbonyl (C=O) groups is 2. The number of aliphatic carboxylic acids is 1. The van der Waals surface area contributed by atoms with E-state index in [0.717, 1.165) is 18.4 Å². The van der Waals surface area contributed by atoms with Crippen LogP contribution in [0.3, 0.4) is 0 Å². The summed E-state index contributed by atoms with van der Waals surface area (Å²) >= 11 is 0. The molecule has 5 heteroatoms. The maximum Gasteiger partial charge on any atom is 0.326 e. The van der Waals surface area contributed by atoms with Crippen molar-refractivity contribution in [1.82, 2.24) is 4.90 Å². The lowest BCUT2D eigenvalue weighted by atomic mass is 10.0. The van der Waals surface area contributed by atoms with Crippen molar-refractivity contribution in [3.63, 3.8) is 0 Å². The van der Waals surface area contributed by atoms with Crippen LogP contribution < -0.4 is 0 Å². The number of nitrogens with zero attached hydrogens (tertiary/aromatic N) is 1. The van der Waals surface area contributed by atoms with Crippen molar-refractivity contribution in [2.24, 2.45) is 0 Å². The molecule has 1 aromatic carbocycles. The predicted octanol–water partition coefficient (Wildman–Crippen LogP) is 1.78. The van der Waals surface area contributed by atoms with E-state index in [2.05, 4.69) is 0 Å². The molecule has 1 heterocycles. The van der Waals surface area contributed by atoms with Crippen LogP contribution >= 0.6 is 0 Å². The Morgan fingerprint density at radius 2 is 2.05 bits per heavy atom. The number of benzene rings is 1. The summed E-state index contributed by atoms with van der Waals surface area (Å²) in [7, 11) is 0. The van der Waals surface area contributed by atoms with Gasteiger partial charge < -0.3 is 15.1 Å². The third-order valence-corrected chi connectivity index (χ3v) is 3.43. The molecule has 0 saturated carbocycles. The molecule has 19 heavy (non-hydrogen) atoms. The van der Waals surface area contributed by atoms with Crippen LogP contribution in [0.5, 0.6) is 5.75 Å². The van der Waals surface area contributed by atoms with Gasteiger partial charge in [-0.15, -0.1) is 0 Å². The smallest absolute Gasteiger partial charge is 0.326 e. The highest BCUT2D eigenvalue weighted by molar-refractivity contribution is 5.99. The Balaban J connectivity index is 2.28. The average Bonchev–Trinajstić information content (AvgIpc) is 2.38. The molecule has 0 spiro atoms. The number of piperidine rings is 1. The van der Waals surface area contributed by atoms with Gasteiger partial charge in [-0.25, -0.2) is 4.79 Å². The summed E-state index contributed by atoms with van der Waals surface area (Å²) < 4.78 is 0. The summed E-state index contributed by atoms with van der Waals surface area (Å²) in [5.74, 6) is -1.50. The number of hydrogen-bond donors (Lipinski definition) is 2. The van der Waals surface area contributed by atoms with Crippen LogP contribution in [0.4, 0.5) is 0 Å². The molecule has 1 fully saturated rings. The fraction of sp³-hybridized carbons (Fsp3) is 0.429. The van der Waals surface area contributed by atoms with Crippen molar-refractivity contribution in [3.05, 3.63) is 29.3 Å². The molecule has 1 saturated heterocycles. The number of phenols is 1. The van der Waals surface area contributed by atoms with Crippen LogP contribution in [0.15, 0.2) is 18.2 Å². The molecule has 0 aliphatic carbocycles. The summed E-state index contributed by atoms with van der Waals surface area (Å²) in [6, 6.07) is 3.99. The van der Waals surface area contributed by atoms with Crippen LogP contribution in [-0.4, -0.2) is 39.6 Å². The quantitative estimate of drug-likeness (QED) is 0.852. The number of carbonyl (C=O) groups excluding carboxylic acids is 1. The van der Waals surface area contributed by atoms with E-state index in [-0.39, 0.29) is 11.3 Å². The van der Waals surface area contributed by atoms with Gasteiger partial charge in [-0.3, -0.25) is 4.79 Å². The Hall–Kier alpha value is -2.04. The first-order chi connectivity index (χ1) is 9.00. The Kier molecular flexibility index (Phi) is 3.74. The highest BCUT2D eigenvalue weighted by Crippen LogP contribution is 2.25. The monoisotopic (exact) mass is 263 g/mol. The van der Waals surface area contributed by atoms with Gasteiger partial charge in [0.15, 0.2) is 0 Å². The average molecular weight is 263 g/mol. The highest BCUT2D eigenvalue weighted by atomic mass is 16.4. The third kappa shape index (κ3) is 2.70. The molecule has 1 aliphatic rings. The van der Waals surface area contributed by atoms with E-state index in [0.29, 0.717) is 13.0 Å². The summed E-state index contributed by atoms with van der Waals surface area (Å²) in [6.07, 6.45) is 2.07. The van der Waals surface area contributed by atoms with Crippen molar-refractivity contribution in [1.29, 1.82) is 0 Å². The summed E-state index contributed by atoms with van der Waals surface area (Å²) in [6.45, 7) is 2.23. The Morgan fingerprint density at radius 3 is 2.68 bits per heavy atom. The zero-order valence-electron chi connectivity index (χ0n) is 10.8. The van der Waals surface area contributed by atoms with E-state index in [9.17, 15) is 14.7 Å². The molecular formula is C14H17NO4. The van der Waals surface area contributed by atoms with Gasteiger partial charge in [0.25, 0.3) is 5.91 Å². The first-order valence-corrected chi connectivity index (χ1v) is 6.34. The normalized spacial score (nSPS) is 19.2. The second-order valence-electron chi connectivity index (χ2n) is 4.87. The van der Waals surface area contributed by atoms with E-state index in [1.165, 1.54) is 11.0 Å². The lowest BCUT2D eigenvalue weighted by Gasteiger charge is -2.33. The Morgan fingerprint density at radius 1 is 1.32 bits per heavy atom. The van der Waals surface area contributed by atoms with Crippen LogP contribution in [0.2, 0.25) is 0 Å². The van der Waals surface area contributed by atoms with Crippen LogP contribution in [0.1, 0.15) is 35.2 Å². The largest absolute Gasteiger partial charge is 0.507 e. The van der Waals surface area contributed by atoms with Gasteiger partial charge in [-0.2, -0.15) is 0 Å². The fourth-order valence-corrected chi connectivity index (χ4v) is 2.41. The molecule has 1 aliphatic heterocycles. The summed E-state index contributed by atoms with van der Waals surface area (Å²) in [5, 5.41) is 19.0. The fourth-order valence-electron chi connectivity index (χ4n) is 2.41. The Labute approximate surface area is 111 Å². The molecular weight excluding hydrogens is 246 g/mol. The summed E-state index contributed by atoms with van der Waals surface area (Å²) in [5.41, 5.74) is 1.02. The zero-order chi connectivity index (χ0) is 14.0. The minimum absolute atomic E-state index is 0.0975. The molecule has 0 bridgehead atoms. The molecule has 0 aromatic heterocycles. The number of aryl methyl sites for hydroxylation is 1. The van der Waals surface area contributed by atoms with Crippen molar-refractivity contribution in [2.45, 2.75) is 32.2 Å². The van der Waals surface area contributed by atoms with Crippen molar-refractivity contribution < 1.29 is 19.8 Å². The number of rotatable bonds is 2. The topological polar surface area (TPSA) is 77.8 Å². The maximum absolute atomic E-state index is 12.3. The van der Waals surface area contributed by atoms with E-state index in [4.69, 9.17) is 5.11 Å². The molecule has 1 amide bonds. The summed E-state index contributed by atoms with van der Waals surface area (Å²) in [4.78, 5) is 24.9. The number of carboxylic acids is 1. The molecule has 102 valence electrons. The number of aromatic hydroxyl groups is 1. The first-order valence-electron chi connectivity index (χ1n) is 6.34. The third-order valence-electron chi connectivity index (χ3n) is 3.43. The zero-order valence-corrected chi connectivity index (χ0v) is 10.8. The van der Waals surface area contributed by atoms with E-state index < -0.39 is 17.9 Å². The molecule has 5 nitrogen and oxygen atoms in total. The van der Waals surface area contributed by atoms with Gasteiger partial charge in [0.2, 0.25) is 0 Å². The van der Waals surface area contributed by atoms with Gasteiger partial charge >= 0.3 is 5.97 Å². The number of carboxylic acid groups (broad SMARTS) is 1. The van der Waals surface area contributed by atoms with Gasteiger partial charge in [0.05, 0.1) is 5.56 Å². The van der Waals surface area contributed by atoms with Crippen molar-refractivity contribution >= 4 is 11.9 Å². The molecule has 1 atom stereocenters. The number of hydrogen-bond acceptors (Lipinski definition) is 3. The lowest BCUT2D eigenvalue weighted by Crippen LogP contribution is -2.48. The lowest BCUT2D eigenvalue weighted by molar-refractivity contribution is -0.143. The molecule has 1 aromatic rings. The molecule has 0 radical (unpaired) electrons. The number of phenolic OH excluding ortho intramolecular Hbond substituents is 1. The van der Waals surface area contributed by atoms with Gasteiger partial charge in [-0.05, 0) is 43.9 Å². The Bertz CT molecular complexity index is 512. The van der Waals surface area contributed by atoms with Crippen molar-refractivity contribution in [3.8, 4) is 5.75 Å². The molecule has 2 N–H and O–H groups in total. The second kappa shape index (κ2) is 5.30. The minimum atomic E-state index is -0.986. The van der Waals surface area contributed by atoms with Crippen molar-refractivity contribution in [2.75, 3.05) is 6.54 Å². The van der Waals surface area contributed by atoms with Gasteiger partial charge in [0.1, 0.15) is 11.8 Å². The molecule has 0 unspecified atom stereocenters. The SMILES string of the molecule is Cc1ccc(C(=O)N2CCCC[C@@H]2C(=O)O)c(O)c1. The number of amides is 1. The van der Waals surface area contributed by atoms with Crippen LogP contribution in [-0.2, 0) is 4.79 Å². The van der Waals surface area contributed by atoms with Gasteiger partial charge in [0, 0.05) is 6.54 Å². The van der Waals surface area contributed by atoms with Gasteiger partial charge in [-0.1, -0.05) is 6.07 Å². The van der Waals surface area contributed by atoms with E-state index in [1.54, 1.807) is 12.1 Å². The first kappa shape index (κ1) is 13.4. The standard InChI is InChI=1S/C14H17NO4/c1-9-5-6-10(12(16)8-9)13(17)15-7-3-2-4-11(15)14(18)19/h5-6,8,11,16H,2-4,7H2,1H3,(H,18,19)/t11-/m1/s1. The highest BCUT2D eigenvalue weighted by Gasteiger charge is 2.33. The minimum Gasteiger partial charge on any atom is -0.507 e. The second-order valence-corrected chi connectivity index (χ2v) is 4.87. The van der Waals surface area contributed by atoms with E-state index >= 15 is 0 Å².